The van der Waals surface area contributed by atoms with Crippen LogP contribution in [-0.4, -0.2) is 94.0 Å². The molecule has 0 aliphatic rings. The molecule has 12 heteroatoms. The van der Waals surface area contributed by atoms with Crippen LogP contribution in [0.1, 0.15) is 13.3 Å². The summed E-state index contributed by atoms with van der Waals surface area (Å²) in [5.41, 5.74) is -0.837. The predicted molar refractivity (Wildman–Crippen MR) is 111 cm³/mol. The second-order valence-corrected chi connectivity index (χ2v) is 9.60. The molecule has 2 amide bonds. The first kappa shape index (κ1) is 28.6. The smallest absolute Gasteiger partial charge is 0.447 e. The highest BCUT2D eigenvalue weighted by Crippen LogP contribution is 2.14. The van der Waals surface area contributed by atoms with Gasteiger partial charge in [-0.1, -0.05) is 0 Å². The van der Waals surface area contributed by atoms with E-state index in [1.165, 1.54) is 0 Å². The van der Waals surface area contributed by atoms with Crippen molar-refractivity contribution in [3.8, 4) is 0 Å². The number of amides is 2. The van der Waals surface area contributed by atoms with Gasteiger partial charge >= 0.3 is 21.0 Å². The topological polar surface area (TPSA) is 123 Å². The summed E-state index contributed by atoms with van der Waals surface area (Å²) in [6.07, 6.45) is -0.485. The minimum Gasteiger partial charge on any atom is -0.447 e. The van der Waals surface area contributed by atoms with Gasteiger partial charge in [0.05, 0.1) is 26.4 Å². The third-order valence-corrected chi connectivity index (χ3v) is 6.39. The van der Waals surface area contributed by atoms with Crippen LogP contribution >= 0.6 is 0 Å². The van der Waals surface area contributed by atoms with E-state index in [1.54, 1.807) is 28.3 Å². The van der Waals surface area contributed by atoms with Gasteiger partial charge in [-0.15, -0.1) is 0 Å². The number of carbonyl (C=O) groups excluding carboxylic acids is 2. The van der Waals surface area contributed by atoms with Crippen molar-refractivity contribution in [2.45, 2.75) is 24.9 Å². The average molecular weight is 453 g/mol. The molecule has 30 heavy (non-hydrogen) atoms. The Labute approximate surface area is 180 Å². The van der Waals surface area contributed by atoms with Gasteiger partial charge in [-0.05, 0) is 27.2 Å². The summed E-state index contributed by atoms with van der Waals surface area (Å²) in [5, 5.41) is 5.09. The van der Waals surface area contributed by atoms with Crippen LogP contribution in [-0.2, 0) is 32.2 Å². The van der Waals surface area contributed by atoms with E-state index in [-0.39, 0.29) is 26.4 Å². The van der Waals surface area contributed by atoms with Crippen LogP contribution in [0.2, 0.25) is 6.04 Å². The summed E-state index contributed by atoms with van der Waals surface area (Å²) in [7, 11) is 2.02. The van der Waals surface area contributed by atoms with Crippen LogP contribution in [0.4, 0.5) is 9.59 Å². The van der Waals surface area contributed by atoms with Crippen LogP contribution in [0.15, 0.2) is 0 Å². The Morgan fingerprint density at radius 2 is 1.30 bits per heavy atom. The van der Waals surface area contributed by atoms with Gasteiger partial charge in [0.1, 0.15) is 13.2 Å². The molecule has 0 heterocycles. The van der Waals surface area contributed by atoms with Crippen molar-refractivity contribution in [3.05, 3.63) is 13.8 Å². The largest absolute Gasteiger partial charge is 0.500 e. The maximum absolute atomic E-state index is 11.6. The molecule has 0 aromatic carbocycles. The lowest BCUT2D eigenvalue weighted by Gasteiger charge is -2.24. The molecule has 0 aromatic heterocycles. The zero-order chi connectivity index (χ0) is 22.9. The molecule has 176 valence electrons. The van der Waals surface area contributed by atoms with Gasteiger partial charge < -0.3 is 42.9 Å². The average Bonchev–Trinajstić information content (AvgIpc) is 2.68. The van der Waals surface area contributed by atoms with E-state index >= 15 is 0 Å². The van der Waals surface area contributed by atoms with Crippen LogP contribution in [0, 0.1) is 13.8 Å². The van der Waals surface area contributed by atoms with Crippen LogP contribution in [0.3, 0.4) is 0 Å². The monoisotopic (exact) mass is 452 g/mol. The third-order valence-electron chi connectivity index (χ3n) is 3.56. The highest BCUT2D eigenvalue weighted by atomic mass is 28.4. The third kappa shape index (κ3) is 15.4. The molecule has 2 radical (unpaired) electrons. The number of hydrogen-bond acceptors (Lipinski definition) is 9. The fourth-order valence-corrected chi connectivity index (χ4v) is 3.82. The summed E-state index contributed by atoms with van der Waals surface area (Å²) < 4.78 is 36.3. The molecule has 0 atom stereocenters. The Balaban J connectivity index is 3.50. The Bertz CT molecular complexity index is 463. The molecule has 0 aromatic rings. The van der Waals surface area contributed by atoms with Crippen LogP contribution in [0.25, 0.3) is 0 Å². The van der Waals surface area contributed by atoms with Gasteiger partial charge in [0, 0.05) is 39.5 Å². The quantitative estimate of drug-likeness (QED) is 0.247. The van der Waals surface area contributed by atoms with Crippen molar-refractivity contribution in [2.75, 3.05) is 67.5 Å². The van der Waals surface area contributed by atoms with E-state index in [2.05, 4.69) is 24.5 Å². The number of rotatable bonds is 17. The lowest BCUT2D eigenvalue weighted by atomic mass is 10.1. The van der Waals surface area contributed by atoms with Crippen molar-refractivity contribution < 1.29 is 41.8 Å². The first-order valence-corrected chi connectivity index (χ1v) is 11.5. The standard InChI is InChI=1S/C18H36N2O9Si/c1-18(2,3)20-17(22)29-14-12-27-10-9-26-11-13-28-16(21)19-8-7-15-30(23-4,24-5)25-6/h1-2,7-15H2,3-6H3,(H,19,21)(H,20,22). The van der Waals surface area contributed by atoms with Gasteiger partial charge in [0.15, 0.2) is 0 Å². The lowest BCUT2D eigenvalue weighted by molar-refractivity contribution is 0.0153. The summed E-state index contributed by atoms with van der Waals surface area (Å²) >= 11 is 0. The number of carbonyl (C=O) groups is 2. The molecular formula is C18H36N2O9Si. The van der Waals surface area contributed by atoms with Crippen molar-refractivity contribution >= 4 is 21.0 Å². The maximum atomic E-state index is 11.6. The molecule has 2 N–H and O–H groups in total. The van der Waals surface area contributed by atoms with Gasteiger partial charge in [0.2, 0.25) is 0 Å². The van der Waals surface area contributed by atoms with E-state index in [0.29, 0.717) is 32.2 Å². The molecule has 0 saturated heterocycles. The minimum absolute atomic E-state index is 0.105. The molecule has 0 fully saturated rings. The second-order valence-electron chi connectivity index (χ2n) is 6.51. The van der Waals surface area contributed by atoms with E-state index in [1.807, 2.05) is 0 Å². The molecule has 11 nitrogen and oxygen atoms in total. The molecule has 0 rings (SSSR count). The van der Waals surface area contributed by atoms with Crippen molar-refractivity contribution in [2.24, 2.45) is 0 Å². The van der Waals surface area contributed by atoms with E-state index in [4.69, 9.17) is 32.2 Å². The van der Waals surface area contributed by atoms with Gasteiger partial charge in [0.25, 0.3) is 0 Å². The summed E-state index contributed by atoms with van der Waals surface area (Å²) in [6.45, 7) is 10.7. The van der Waals surface area contributed by atoms with Crippen LogP contribution in [0.5, 0.6) is 0 Å². The number of alkyl carbamates (subject to hydrolysis) is 2. The van der Waals surface area contributed by atoms with Gasteiger partial charge in [-0.2, -0.15) is 0 Å². The number of nitrogens with one attached hydrogen (secondary N) is 2. The van der Waals surface area contributed by atoms with E-state index in [9.17, 15) is 9.59 Å². The number of ether oxygens (including phenoxy) is 4. The summed E-state index contributed by atoms with van der Waals surface area (Å²) in [4.78, 5) is 22.9. The Kier molecular flexibility index (Phi) is 15.5. The van der Waals surface area contributed by atoms with Crippen molar-refractivity contribution in [3.63, 3.8) is 0 Å². The van der Waals surface area contributed by atoms with Crippen LogP contribution < -0.4 is 10.6 Å². The van der Waals surface area contributed by atoms with Gasteiger partial charge in [-0.3, -0.25) is 0 Å². The number of hydrogen-bond donors (Lipinski definition) is 2. The predicted octanol–water partition coefficient (Wildman–Crippen LogP) is 1.17. The zero-order valence-electron chi connectivity index (χ0n) is 18.5. The van der Waals surface area contributed by atoms with Crippen molar-refractivity contribution in [1.82, 2.24) is 10.6 Å². The molecule has 0 aliphatic heterocycles. The first-order valence-electron chi connectivity index (χ1n) is 9.55. The molecule has 0 aliphatic carbocycles. The SMILES string of the molecule is [CH2]C([CH2])(C)NC(=O)OCCOCCOCCOC(=O)NCCC[Si](OC)(OC)OC. The van der Waals surface area contributed by atoms with Gasteiger partial charge in [-0.25, -0.2) is 9.59 Å². The Morgan fingerprint density at radius 3 is 1.77 bits per heavy atom. The lowest BCUT2D eigenvalue weighted by Crippen LogP contribution is -2.43. The zero-order valence-corrected chi connectivity index (χ0v) is 19.5. The van der Waals surface area contributed by atoms with E-state index < -0.39 is 26.5 Å². The summed E-state index contributed by atoms with van der Waals surface area (Å²) in [6, 6.07) is 0.584. The fourth-order valence-electron chi connectivity index (χ4n) is 2.09. The molecule has 0 spiro atoms. The highest BCUT2D eigenvalue weighted by Gasteiger charge is 2.36. The first-order chi connectivity index (χ1) is 14.2. The normalized spacial score (nSPS) is 11.8. The maximum Gasteiger partial charge on any atom is 0.500 e. The van der Waals surface area contributed by atoms with Crippen molar-refractivity contribution in [1.29, 1.82) is 0 Å². The molecular weight excluding hydrogens is 416 g/mol. The minimum atomic E-state index is -2.61. The Hall–Kier alpha value is -1.44. The highest BCUT2D eigenvalue weighted by molar-refractivity contribution is 6.60. The Morgan fingerprint density at radius 1 is 0.833 bits per heavy atom. The molecule has 0 bridgehead atoms. The fraction of sp³-hybridized carbons (Fsp3) is 0.778. The second kappa shape index (κ2) is 16.3. The molecule has 0 saturated carbocycles. The summed E-state index contributed by atoms with van der Waals surface area (Å²) in [5.74, 6) is 0. The van der Waals surface area contributed by atoms with E-state index in [0.717, 1.165) is 0 Å². The molecule has 0 unspecified atom stereocenters.